The van der Waals surface area contributed by atoms with Crippen molar-refractivity contribution in [3.8, 4) is 0 Å². The molecule has 15 heavy (non-hydrogen) atoms. The first-order valence-corrected chi connectivity index (χ1v) is 5.96. The Kier molecular flexibility index (Phi) is 1.52. The highest BCUT2D eigenvalue weighted by Crippen LogP contribution is 2.46. The quantitative estimate of drug-likeness (QED) is 0.685. The molecular formula is C11H14N2OS. The monoisotopic (exact) mass is 222 g/mol. The molecule has 4 heteroatoms. The highest BCUT2D eigenvalue weighted by Gasteiger charge is 2.47. The first kappa shape index (κ1) is 9.36. The Morgan fingerprint density at radius 1 is 1.27 bits per heavy atom. The molecule has 0 N–H and O–H groups in total. The van der Waals surface area contributed by atoms with Gasteiger partial charge < -0.3 is 4.74 Å². The molecule has 1 aliphatic rings. The van der Waals surface area contributed by atoms with Gasteiger partial charge in [-0.3, -0.25) is 4.40 Å². The van der Waals surface area contributed by atoms with Crippen LogP contribution in [0.1, 0.15) is 39.1 Å². The Labute approximate surface area is 92.7 Å². The van der Waals surface area contributed by atoms with Crippen LogP contribution in [0, 0.1) is 0 Å². The SMILES string of the molecule is CC1(C)OC(C)(C)c2c1nc1sccn21. The molecule has 3 nitrogen and oxygen atoms in total. The van der Waals surface area contributed by atoms with E-state index in [9.17, 15) is 0 Å². The van der Waals surface area contributed by atoms with Gasteiger partial charge in [-0.05, 0) is 27.7 Å². The number of aromatic nitrogens is 2. The number of imidazole rings is 1. The number of rotatable bonds is 0. The van der Waals surface area contributed by atoms with Gasteiger partial charge in [0.25, 0.3) is 0 Å². The van der Waals surface area contributed by atoms with Crippen molar-refractivity contribution in [3.05, 3.63) is 23.0 Å². The van der Waals surface area contributed by atoms with E-state index in [4.69, 9.17) is 4.74 Å². The number of ether oxygens (including phenoxy) is 1. The number of nitrogens with zero attached hydrogens (tertiary/aromatic N) is 2. The number of thiazole rings is 1. The third-order valence-electron chi connectivity index (χ3n) is 2.91. The van der Waals surface area contributed by atoms with E-state index in [0.29, 0.717) is 0 Å². The summed E-state index contributed by atoms with van der Waals surface area (Å²) in [7, 11) is 0. The number of hydrogen-bond donors (Lipinski definition) is 0. The van der Waals surface area contributed by atoms with E-state index in [2.05, 4.69) is 48.7 Å². The molecule has 0 aromatic carbocycles. The van der Waals surface area contributed by atoms with E-state index < -0.39 is 0 Å². The Balaban J connectivity index is 2.41. The van der Waals surface area contributed by atoms with Gasteiger partial charge in [0.15, 0.2) is 4.96 Å². The van der Waals surface area contributed by atoms with Gasteiger partial charge in [0.05, 0.1) is 11.4 Å². The largest absolute Gasteiger partial charge is 0.357 e. The van der Waals surface area contributed by atoms with E-state index >= 15 is 0 Å². The van der Waals surface area contributed by atoms with Gasteiger partial charge in [-0.25, -0.2) is 4.98 Å². The van der Waals surface area contributed by atoms with E-state index in [0.717, 1.165) is 10.7 Å². The van der Waals surface area contributed by atoms with Crippen LogP contribution in [0.3, 0.4) is 0 Å². The zero-order valence-corrected chi connectivity index (χ0v) is 10.2. The average molecular weight is 222 g/mol. The summed E-state index contributed by atoms with van der Waals surface area (Å²) in [5.74, 6) is 0. The molecule has 3 heterocycles. The predicted molar refractivity (Wildman–Crippen MR) is 60.2 cm³/mol. The minimum absolute atomic E-state index is 0.251. The van der Waals surface area contributed by atoms with Crippen LogP contribution in [0.2, 0.25) is 0 Å². The standard InChI is InChI=1S/C11H14N2OS/c1-10(2)7-8(11(3,4)14-10)13-5-6-15-9(13)12-7/h5-6H,1-4H3. The van der Waals surface area contributed by atoms with Crippen LogP contribution in [0.15, 0.2) is 11.6 Å². The lowest BCUT2D eigenvalue weighted by Gasteiger charge is -2.24. The van der Waals surface area contributed by atoms with Crippen LogP contribution in [0.5, 0.6) is 0 Å². The predicted octanol–water partition coefficient (Wildman–Crippen LogP) is 2.90. The fourth-order valence-corrected chi connectivity index (χ4v) is 3.23. The molecular weight excluding hydrogens is 208 g/mol. The molecule has 2 aromatic heterocycles. The second kappa shape index (κ2) is 2.44. The third-order valence-corrected chi connectivity index (χ3v) is 3.67. The van der Waals surface area contributed by atoms with Crippen molar-refractivity contribution in [1.29, 1.82) is 0 Å². The van der Waals surface area contributed by atoms with Crippen molar-refractivity contribution < 1.29 is 4.74 Å². The minimum atomic E-state index is -0.273. The van der Waals surface area contributed by atoms with E-state index in [1.54, 1.807) is 11.3 Å². The van der Waals surface area contributed by atoms with Crippen LogP contribution in [-0.4, -0.2) is 9.38 Å². The molecule has 0 unspecified atom stereocenters. The molecule has 1 aliphatic heterocycles. The van der Waals surface area contributed by atoms with E-state index in [1.165, 1.54) is 5.69 Å². The Morgan fingerprint density at radius 2 is 2.00 bits per heavy atom. The first-order chi connectivity index (χ1) is 6.92. The molecule has 2 aromatic rings. The Hall–Kier alpha value is -0.870. The molecule has 0 aliphatic carbocycles. The number of hydrogen-bond acceptors (Lipinski definition) is 3. The van der Waals surface area contributed by atoms with Gasteiger partial charge >= 0.3 is 0 Å². The summed E-state index contributed by atoms with van der Waals surface area (Å²) in [6.07, 6.45) is 2.07. The second-order valence-electron chi connectivity index (χ2n) is 4.99. The minimum Gasteiger partial charge on any atom is -0.357 e. The van der Waals surface area contributed by atoms with E-state index in [1.807, 2.05) is 0 Å². The highest BCUT2D eigenvalue weighted by molar-refractivity contribution is 7.15. The molecule has 0 amide bonds. The molecule has 0 radical (unpaired) electrons. The molecule has 0 fully saturated rings. The van der Waals surface area contributed by atoms with Crippen LogP contribution < -0.4 is 0 Å². The van der Waals surface area contributed by atoms with Gasteiger partial charge in [0.2, 0.25) is 0 Å². The lowest BCUT2D eigenvalue weighted by Crippen LogP contribution is -2.24. The average Bonchev–Trinajstić information content (AvgIpc) is 2.58. The Morgan fingerprint density at radius 3 is 2.73 bits per heavy atom. The first-order valence-electron chi connectivity index (χ1n) is 5.08. The maximum Gasteiger partial charge on any atom is 0.194 e. The summed E-state index contributed by atoms with van der Waals surface area (Å²) in [6.45, 7) is 8.37. The molecule has 0 bridgehead atoms. The van der Waals surface area contributed by atoms with Gasteiger partial charge in [-0.1, -0.05) is 0 Å². The summed E-state index contributed by atoms with van der Waals surface area (Å²) in [4.78, 5) is 5.72. The molecule has 0 saturated carbocycles. The summed E-state index contributed by atoms with van der Waals surface area (Å²) < 4.78 is 8.19. The van der Waals surface area contributed by atoms with Crippen molar-refractivity contribution in [1.82, 2.24) is 9.38 Å². The van der Waals surface area contributed by atoms with Gasteiger partial charge in [0, 0.05) is 11.6 Å². The summed E-state index contributed by atoms with van der Waals surface area (Å²) in [5, 5.41) is 2.06. The third kappa shape index (κ3) is 1.06. The van der Waals surface area contributed by atoms with Crippen molar-refractivity contribution in [2.24, 2.45) is 0 Å². The van der Waals surface area contributed by atoms with E-state index in [-0.39, 0.29) is 11.2 Å². The fourth-order valence-electron chi connectivity index (χ4n) is 2.52. The van der Waals surface area contributed by atoms with Crippen molar-refractivity contribution in [3.63, 3.8) is 0 Å². The second-order valence-corrected chi connectivity index (χ2v) is 5.86. The summed E-state index contributed by atoms with van der Waals surface area (Å²) in [6, 6.07) is 0. The number of fused-ring (bicyclic) bond motifs is 3. The van der Waals surface area contributed by atoms with Crippen molar-refractivity contribution in [2.45, 2.75) is 38.9 Å². The smallest absolute Gasteiger partial charge is 0.194 e. The fraction of sp³-hybridized carbons (Fsp3) is 0.545. The normalized spacial score (nSPS) is 22.1. The van der Waals surface area contributed by atoms with Crippen LogP contribution in [0.4, 0.5) is 0 Å². The van der Waals surface area contributed by atoms with Gasteiger partial charge in [0.1, 0.15) is 11.2 Å². The van der Waals surface area contributed by atoms with Crippen LogP contribution in [-0.2, 0) is 15.9 Å². The van der Waals surface area contributed by atoms with Crippen molar-refractivity contribution in [2.75, 3.05) is 0 Å². The highest BCUT2D eigenvalue weighted by atomic mass is 32.1. The van der Waals surface area contributed by atoms with Crippen LogP contribution >= 0.6 is 11.3 Å². The maximum atomic E-state index is 6.05. The topological polar surface area (TPSA) is 26.5 Å². The zero-order chi connectivity index (χ0) is 10.8. The molecule has 80 valence electrons. The van der Waals surface area contributed by atoms with Crippen LogP contribution in [0.25, 0.3) is 4.96 Å². The lowest BCUT2D eigenvalue weighted by molar-refractivity contribution is -0.108. The lowest BCUT2D eigenvalue weighted by atomic mass is 10.0. The molecule has 0 spiro atoms. The van der Waals surface area contributed by atoms with Gasteiger partial charge in [-0.2, -0.15) is 0 Å². The molecule has 0 atom stereocenters. The molecule has 3 rings (SSSR count). The zero-order valence-electron chi connectivity index (χ0n) is 9.37. The molecule has 0 saturated heterocycles. The summed E-state index contributed by atoms with van der Waals surface area (Å²) in [5.41, 5.74) is 1.76. The van der Waals surface area contributed by atoms with Gasteiger partial charge in [-0.15, -0.1) is 11.3 Å². The summed E-state index contributed by atoms with van der Waals surface area (Å²) >= 11 is 1.67. The maximum absolute atomic E-state index is 6.05. The Bertz CT molecular complexity index is 536. The van der Waals surface area contributed by atoms with Crippen molar-refractivity contribution >= 4 is 16.3 Å².